The maximum absolute atomic E-state index is 10.3. The molecule has 2 rings (SSSR count). The van der Waals surface area contributed by atoms with Gasteiger partial charge in [-0.05, 0) is 6.92 Å². The van der Waals surface area contributed by atoms with Crippen LogP contribution in [0.3, 0.4) is 0 Å². The number of hydrogen-bond acceptors (Lipinski definition) is 12. The molecule has 0 aromatic heterocycles. The van der Waals surface area contributed by atoms with Gasteiger partial charge >= 0.3 is 0 Å². The van der Waals surface area contributed by atoms with Gasteiger partial charge in [0.1, 0.15) is 48.8 Å². The maximum atomic E-state index is 10.3. The van der Waals surface area contributed by atoms with Gasteiger partial charge in [0.2, 0.25) is 0 Å². The highest BCUT2D eigenvalue weighted by Crippen LogP contribution is 2.29. The van der Waals surface area contributed by atoms with E-state index < -0.39 is 80.7 Å². The quantitative estimate of drug-likeness (QED) is 0.203. The van der Waals surface area contributed by atoms with E-state index in [1.165, 1.54) is 6.92 Å². The molecule has 0 amide bonds. The third-order valence-corrected chi connectivity index (χ3v) is 4.46. The van der Waals surface area contributed by atoms with Crippen molar-refractivity contribution in [3.8, 4) is 0 Å². The van der Waals surface area contributed by atoms with E-state index in [-0.39, 0.29) is 6.61 Å². The van der Waals surface area contributed by atoms with Gasteiger partial charge in [0, 0.05) is 0 Å². The Bertz CT molecular complexity index is 447. The van der Waals surface area contributed by atoms with Crippen molar-refractivity contribution in [1.82, 2.24) is 0 Å². The molecule has 0 spiro atoms. The molecule has 0 aromatic carbocycles. The van der Waals surface area contributed by atoms with Crippen LogP contribution in [0.2, 0.25) is 0 Å². The van der Waals surface area contributed by atoms with Crippen LogP contribution < -0.4 is 0 Å². The summed E-state index contributed by atoms with van der Waals surface area (Å²) >= 11 is 0. The summed E-state index contributed by atoms with van der Waals surface area (Å²) in [5.41, 5.74) is 0. The molecule has 2 aliphatic rings. The zero-order valence-corrected chi connectivity index (χ0v) is 14.7. The predicted octanol–water partition coefficient (Wildman–Crippen LogP) is -4.99. The van der Waals surface area contributed by atoms with Gasteiger partial charge in [-0.25, -0.2) is 0 Å². The Hall–Kier alpha value is -0.480. The van der Waals surface area contributed by atoms with Gasteiger partial charge in [0.05, 0.1) is 25.9 Å². The molecule has 2 aliphatic heterocycles. The normalized spacial score (nSPS) is 47.0. The molecule has 10 unspecified atom stereocenters. The highest BCUT2D eigenvalue weighted by molar-refractivity contribution is 4.94. The van der Waals surface area contributed by atoms with Crippen LogP contribution in [0.5, 0.6) is 0 Å². The van der Waals surface area contributed by atoms with E-state index in [1.807, 2.05) is 0 Å². The second-order valence-corrected chi connectivity index (χ2v) is 6.69. The Morgan fingerprint density at radius 1 is 0.778 bits per heavy atom. The molecule has 27 heavy (non-hydrogen) atoms. The molecule has 0 saturated carbocycles. The van der Waals surface area contributed by atoms with Crippen molar-refractivity contribution in [2.75, 3.05) is 19.8 Å². The minimum Gasteiger partial charge on any atom is -0.394 e. The Kier molecular flexibility index (Phi) is 8.30. The highest BCUT2D eigenvalue weighted by Gasteiger charge is 2.50. The van der Waals surface area contributed by atoms with Crippen molar-refractivity contribution in [2.24, 2.45) is 0 Å². The van der Waals surface area contributed by atoms with Crippen molar-refractivity contribution in [2.45, 2.75) is 74.4 Å². The molecular weight excluding hydrogens is 372 g/mol. The van der Waals surface area contributed by atoms with Gasteiger partial charge in [0.15, 0.2) is 12.6 Å². The van der Waals surface area contributed by atoms with E-state index in [4.69, 9.17) is 18.9 Å². The summed E-state index contributed by atoms with van der Waals surface area (Å²) in [5, 5.41) is 78.0. The minimum absolute atomic E-state index is 0.190. The van der Waals surface area contributed by atoms with Crippen molar-refractivity contribution in [3.63, 3.8) is 0 Å². The van der Waals surface area contributed by atoms with Crippen LogP contribution >= 0.6 is 0 Å². The van der Waals surface area contributed by atoms with Crippen molar-refractivity contribution < 1.29 is 59.8 Å². The maximum Gasteiger partial charge on any atom is 0.187 e. The number of aliphatic hydroxyl groups excluding tert-OH is 8. The molecule has 0 radical (unpaired) electrons. The molecule has 0 aromatic rings. The zero-order valence-electron chi connectivity index (χ0n) is 14.7. The summed E-state index contributed by atoms with van der Waals surface area (Å²) < 4.78 is 21.1. The van der Waals surface area contributed by atoms with Crippen LogP contribution in [0.1, 0.15) is 6.92 Å². The van der Waals surface area contributed by atoms with E-state index >= 15 is 0 Å². The third-order valence-electron chi connectivity index (χ3n) is 4.46. The average molecular weight is 400 g/mol. The van der Waals surface area contributed by atoms with Crippen LogP contribution in [0.25, 0.3) is 0 Å². The Labute approximate surface area is 155 Å². The molecule has 12 nitrogen and oxygen atoms in total. The fourth-order valence-electron chi connectivity index (χ4n) is 2.93. The topological polar surface area (TPSA) is 199 Å². The van der Waals surface area contributed by atoms with Gasteiger partial charge in [-0.2, -0.15) is 0 Å². The lowest BCUT2D eigenvalue weighted by atomic mass is 9.97. The second-order valence-electron chi connectivity index (χ2n) is 6.69. The highest BCUT2D eigenvalue weighted by atomic mass is 16.7. The first kappa shape index (κ1) is 22.8. The largest absolute Gasteiger partial charge is 0.394 e. The number of hydrogen-bond donors (Lipinski definition) is 8. The molecule has 160 valence electrons. The van der Waals surface area contributed by atoms with Crippen LogP contribution in [-0.2, 0) is 18.9 Å². The fourth-order valence-corrected chi connectivity index (χ4v) is 2.93. The number of rotatable bonds is 7. The lowest BCUT2D eigenvalue weighted by Crippen LogP contribution is -2.64. The standard InChI is InChI=1S/C15H28O12/c1-5(18)4-24-14-12(23)10(21)13(7(3-17)26-14)27-15-11(22)9(20)8(19)6(2-16)25-15/h5-23H,2-4H2,1H3/t5-,6?,7?,8?,9?,10?,11?,12?,13?,14?,15?/m1/s1. The zero-order chi connectivity index (χ0) is 20.3. The smallest absolute Gasteiger partial charge is 0.187 e. The van der Waals surface area contributed by atoms with Crippen molar-refractivity contribution in [3.05, 3.63) is 0 Å². The third kappa shape index (κ3) is 5.12. The van der Waals surface area contributed by atoms with Gasteiger partial charge in [0.25, 0.3) is 0 Å². The SMILES string of the molecule is C[C@@H](O)COC1OC(CO)C(OC2OC(CO)C(O)C(O)C2O)C(O)C1O. The van der Waals surface area contributed by atoms with Crippen LogP contribution in [0.4, 0.5) is 0 Å². The van der Waals surface area contributed by atoms with Crippen LogP contribution in [0.15, 0.2) is 0 Å². The first-order valence-electron chi connectivity index (χ1n) is 8.59. The second kappa shape index (κ2) is 9.82. The molecule has 11 atom stereocenters. The fraction of sp³-hybridized carbons (Fsp3) is 1.00. The summed E-state index contributed by atoms with van der Waals surface area (Å²) in [4.78, 5) is 0. The molecule has 0 bridgehead atoms. The predicted molar refractivity (Wildman–Crippen MR) is 84.0 cm³/mol. The Balaban J connectivity index is 2.08. The summed E-state index contributed by atoms with van der Waals surface area (Å²) in [5.74, 6) is 0. The summed E-state index contributed by atoms with van der Waals surface area (Å²) in [6, 6.07) is 0. The first-order valence-corrected chi connectivity index (χ1v) is 8.59. The molecule has 8 N–H and O–H groups in total. The van der Waals surface area contributed by atoms with Crippen LogP contribution in [0, 0.1) is 0 Å². The molecule has 2 fully saturated rings. The molecule has 2 heterocycles. The number of ether oxygens (including phenoxy) is 4. The molecule has 0 aliphatic carbocycles. The first-order chi connectivity index (χ1) is 12.7. The summed E-state index contributed by atoms with van der Waals surface area (Å²) in [6.45, 7) is -0.0682. The Morgan fingerprint density at radius 2 is 1.33 bits per heavy atom. The van der Waals surface area contributed by atoms with Gasteiger partial charge < -0.3 is 59.8 Å². The Morgan fingerprint density at radius 3 is 1.89 bits per heavy atom. The van der Waals surface area contributed by atoms with Gasteiger partial charge in [-0.3, -0.25) is 0 Å². The molecule has 12 heteroatoms. The lowest BCUT2D eigenvalue weighted by molar-refractivity contribution is -0.360. The van der Waals surface area contributed by atoms with Crippen LogP contribution in [-0.4, -0.2) is 128 Å². The van der Waals surface area contributed by atoms with E-state index in [9.17, 15) is 40.9 Å². The van der Waals surface area contributed by atoms with E-state index in [1.54, 1.807) is 0 Å². The lowest BCUT2D eigenvalue weighted by Gasteiger charge is -2.46. The van der Waals surface area contributed by atoms with Gasteiger partial charge in [-0.15, -0.1) is 0 Å². The summed E-state index contributed by atoms with van der Waals surface area (Å²) in [7, 11) is 0. The average Bonchev–Trinajstić information content (AvgIpc) is 2.64. The van der Waals surface area contributed by atoms with E-state index in [0.29, 0.717) is 0 Å². The molecule has 2 saturated heterocycles. The van der Waals surface area contributed by atoms with E-state index in [2.05, 4.69) is 0 Å². The molecular formula is C15H28O12. The van der Waals surface area contributed by atoms with E-state index in [0.717, 1.165) is 0 Å². The minimum atomic E-state index is -1.73. The monoisotopic (exact) mass is 400 g/mol. The number of aliphatic hydroxyl groups is 8. The van der Waals surface area contributed by atoms with Crippen molar-refractivity contribution in [1.29, 1.82) is 0 Å². The van der Waals surface area contributed by atoms with Gasteiger partial charge in [-0.1, -0.05) is 0 Å². The van der Waals surface area contributed by atoms with Crippen molar-refractivity contribution >= 4 is 0 Å². The summed E-state index contributed by atoms with van der Waals surface area (Å²) in [6.07, 6.45) is -15.9.